The monoisotopic (exact) mass is 348 g/mol. The van der Waals surface area contributed by atoms with E-state index in [9.17, 15) is 14.0 Å². The largest absolute Gasteiger partial charge is 0.481 e. The Morgan fingerprint density at radius 3 is 2.50 bits per heavy atom. The number of benzene rings is 3. The summed E-state index contributed by atoms with van der Waals surface area (Å²) in [5, 5.41) is 5.74. The molecule has 3 aromatic rings. The summed E-state index contributed by atoms with van der Waals surface area (Å²) in [4.78, 5) is 24.5. The van der Waals surface area contributed by atoms with Gasteiger partial charge in [0.25, 0.3) is 5.91 Å². The third-order valence-electron chi connectivity index (χ3n) is 4.11. The van der Waals surface area contributed by atoms with Crippen LogP contribution in [0.5, 0.6) is 5.75 Å². The predicted molar refractivity (Wildman–Crippen MR) is 94.9 cm³/mol. The van der Waals surface area contributed by atoms with Gasteiger partial charge in [0.2, 0.25) is 5.78 Å². The lowest BCUT2D eigenvalue weighted by Crippen LogP contribution is -2.27. The van der Waals surface area contributed by atoms with Crippen molar-refractivity contribution in [3.05, 3.63) is 77.6 Å². The number of ether oxygens (including phenoxy) is 1. The van der Waals surface area contributed by atoms with Crippen molar-refractivity contribution in [2.45, 2.75) is 0 Å². The van der Waals surface area contributed by atoms with Gasteiger partial charge in [0.15, 0.2) is 18.2 Å². The number of nitrogens with zero attached hydrogens (tertiary/aromatic N) is 1. The standard InChI is InChI=1S/C20H13FN2O3/c21-15-9-1-2-10-16(15)26-11-17(24)22-23-19-13-7-3-5-12-6-4-8-14(18(12)13)20(19)25/h1-10H,11H2,(H,22,24)/b23-19-. The fraction of sp³-hybridized carbons (Fsp3) is 0.0500. The van der Waals surface area contributed by atoms with E-state index in [1.54, 1.807) is 18.2 Å². The van der Waals surface area contributed by atoms with Crippen LogP contribution in [0.25, 0.3) is 10.8 Å². The van der Waals surface area contributed by atoms with Crippen molar-refractivity contribution in [2.75, 3.05) is 6.61 Å². The molecule has 128 valence electrons. The van der Waals surface area contributed by atoms with Crippen molar-refractivity contribution in [2.24, 2.45) is 5.10 Å². The normalized spacial score (nSPS) is 14.0. The molecule has 1 amide bonds. The summed E-state index contributed by atoms with van der Waals surface area (Å²) in [6.07, 6.45) is 0. The molecule has 0 atom stereocenters. The summed E-state index contributed by atoms with van der Waals surface area (Å²) in [6, 6.07) is 16.8. The molecule has 1 N–H and O–H groups in total. The van der Waals surface area contributed by atoms with Crippen LogP contribution < -0.4 is 10.2 Å². The summed E-state index contributed by atoms with van der Waals surface area (Å²) in [6.45, 7) is -0.414. The first-order valence-corrected chi connectivity index (χ1v) is 7.96. The topological polar surface area (TPSA) is 67.8 Å². The van der Waals surface area contributed by atoms with Crippen LogP contribution in [-0.2, 0) is 4.79 Å². The van der Waals surface area contributed by atoms with Gasteiger partial charge < -0.3 is 4.74 Å². The highest BCUT2D eigenvalue weighted by atomic mass is 19.1. The zero-order valence-corrected chi connectivity index (χ0v) is 13.5. The Labute approximate surface area is 148 Å². The van der Waals surface area contributed by atoms with Gasteiger partial charge in [-0.05, 0) is 17.5 Å². The smallest absolute Gasteiger partial charge is 0.277 e. The predicted octanol–water partition coefficient (Wildman–Crippen LogP) is 3.07. The van der Waals surface area contributed by atoms with Gasteiger partial charge in [-0.25, -0.2) is 9.82 Å². The maximum Gasteiger partial charge on any atom is 0.277 e. The van der Waals surface area contributed by atoms with Crippen LogP contribution in [0.15, 0.2) is 65.8 Å². The van der Waals surface area contributed by atoms with Crippen molar-refractivity contribution < 1.29 is 18.7 Å². The zero-order valence-electron chi connectivity index (χ0n) is 13.5. The quantitative estimate of drug-likeness (QED) is 0.737. The minimum absolute atomic E-state index is 0.0237. The Morgan fingerprint density at radius 2 is 1.73 bits per heavy atom. The second kappa shape index (κ2) is 6.40. The maximum atomic E-state index is 13.5. The molecule has 0 bridgehead atoms. The second-order valence-corrected chi connectivity index (χ2v) is 5.75. The Bertz CT molecular complexity index is 1070. The highest BCUT2D eigenvalue weighted by Crippen LogP contribution is 2.30. The number of halogens is 1. The van der Waals surface area contributed by atoms with Gasteiger partial charge in [0.05, 0.1) is 0 Å². The SMILES string of the molecule is O=C(COc1ccccc1F)N/N=C1\C(=O)c2cccc3cccc1c23. The van der Waals surface area contributed by atoms with Crippen LogP contribution >= 0.6 is 0 Å². The average molecular weight is 348 g/mol. The van der Waals surface area contributed by atoms with E-state index in [0.717, 1.165) is 10.8 Å². The molecule has 4 rings (SSSR count). The van der Waals surface area contributed by atoms with Gasteiger partial charge in [-0.15, -0.1) is 0 Å². The Morgan fingerprint density at radius 1 is 1.00 bits per heavy atom. The molecule has 0 spiro atoms. The Balaban J connectivity index is 1.51. The first-order chi connectivity index (χ1) is 12.6. The number of para-hydroxylation sites is 1. The number of hydrogen-bond acceptors (Lipinski definition) is 4. The fourth-order valence-corrected chi connectivity index (χ4v) is 2.94. The van der Waals surface area contributed by atoms with Crippen molar-refractivity contribution in [3.63, 3.8) is 0 Å². The number of carbonyl (C=O) groups is 2. The molecule has 0 unspecified atom stereocenters. The molecular formula is C20H13FN2O3. The second-order valence-electron chi connectivity index (χ2n) is 5.75. The molecule has 0 saturated heterocycles. The number of amides is 1. The van der Waals surface area contributed by atoms with E-state index in [1.165, 1.54) is 18.2 Å². The van der Waals surface area contributed by atoms with Crippen LogP contribution in [0.4, 0.5) is 4.39 Å². The van der Waals surface area contributed by atoms with E-state index in [4.69, 9.17) is 4.74 Å². The number of hydrazone groups is 1. The molecule has 6 heteroatoms. The average Bonchev–Trinajstić information content (AvgIpc) is 2.93. The minimum atomic E-state index is -0.586. The molecule has 0 saturated carbocycles. The van der Waals surface area contributed by atoms with Crippen LogP contribution in [0.3, 0.4) is 0 Å². The highest BCUT2D eigenvalue weighted by molar-refractivity contribution is 6.59. The van der Waals surface area contributed by atoms with Gasteiger partial charge in [-0.1, -0.05) is 48.5 Å². The Kier molecular flexibility index (Phi) is 3.93. The number of hydrogen-bond donors (Lipinski definition) is 1. The van der Waals surface area contributed by atoms with Gasteiger partial charge in [0.1, 0.15) is 5.71 Å². The highest BCUT2D eigenvalue weighted by Gasteiger charge is 2.28. The minimum Gasteiger partial charge on any atom is -0.481 e. The summed E-state index contributed by atoms with van der Waals surface area (Å²) < 4.78 is 18.6. The van der Waals surface area contributed by atoms with Crippen molar-refractivity contribution in [1.29, 1.82) is 0 Å². The lowest BCUT2D eigenvalue weighted by atomic mass is 10.1. The molecule has 1 aliphatic rings. The van der Waals surface area contributed by atoms with Crippen molar-refractivity contribution in [3.8, 4) is 5.75 Å². The van der Waals surface area contributed by atoms with E-state index in [-0.39, 0.29) is 17.2 Å². The van der Waals surface area contributed by atoms with Gasteiger partial charge in [0, 0.05) is 16.5 Å². The molecule has 5 nitrogen and oxygen atoms in total. The first-order valence-electron chi connectivity index (χ1n) is 7.96. The fourth-order valence-electron chi connectivity index (χ4n) is 2.94. The van der Waals surface area contributed by atoms with Crippen LogP contribution in [0, 0.1) is 5.82 Å². The van der Waals surface area contributed by atoms with Crippen LogP contribution in [0.2, 0.25) is 0 Å². The van der Waals surface area contributed by atoms with Gasteiger partial charge in [-0.3, -0.25) is 9.59 Å². The summed E-state index contributed by atoms with van der Waals surface area (Å²) in [7, 11) is 0. The van der Waals surface area contributed by atoms with Crippen LogP contribution in [-0.4, -0.2) is 24.0 Å². The first kappa shape index (κ1) is 16.0. The maximum absolute atomic E-state index is 13.5. The summed E-state index contributed by atoms with van der Waals surface area (Å²) >= 11 is 0. The number of nitrogens with one attached hydrogen (secondary N) is 1. The number of carbonyl (C=O) groups excluding carboxylic acids is 2. The molecule has 0 heterocycles. The number of Topliss-reactive ketones (excluding diaryl/α,β-unsaturated/α-hetero) is 1. The third kappa shape index (κ3) is 2.71. The number of rotatable bonds is 4. The van der Waals surface area contributed by atoms with Gasteiger partial charge in [-0.2, -0.15) is 5.10 Å². The van der Waals surface area contributed by atoms with Crippen molar-refractivity contribution >= 4 is 28.2 Å². The van der Waals surface area contributed by atoms with E-state index in [0.29, 0.717) is 11.1 Å². The lowest BCUT2D eigenvalue weighted by molar-refractivity contribution is -0.123. The van der Waals surface area contributed by atoms with Gasteiger partial charge >= 0.3 is 0 Å². The van der Waals surface area contributed by atoms with Crippen LogP contribution in [0.1, 0.15) is 15.9 Å². The molecule has 0 aromatic heterocycles. The zero-order chi connectivity index (χ0) is 18.1. The summed E-state index contributed by atoms with van der Waals surface area (Å²) in [5.74, 6) is -1.41. The van der Waals surface area contributed by atoms with Crippen molar-refractivity contribution in [1.82, 2.24) is 5.43 Å². The molecule has 0 radical (unpaired) electrons. The third-order valence-corrected chi connectivity index (χ3v) is 4.11. The van der Waals surface area contributed by atoms with E-state index in [2.05, 4.69) is 10.5 Å². The molecule has 3 aromatic carbocycles. The molecule has 0 aliphatic heterocycles. The molecule has 1 aliphatic carbocycles. The van der Waals surface area contributed by atoms with E-state index >= 15 is 0 Å². The van der Waals surface area contributed by atoms with E-state index in [1.807, 2.05) is 24.3 Å². The van der Waals surface area contributed by atoms with E-state index < -0.39 is 18.3 Å². The molecular weight excluding hydrogens is 335 g/mol. The summed E-state index contributed by atoms with van der Waals surface area (Å²) in [5.41, 5.74) is 3.72. The Hall–Kier alpha value is -3.54. The number of ketones is 1. The molecule has 0 fully saturated rings. The molecule has 26 heavy (non-hydrogen) atoms. The lowest BCUT2D eigenvalue weighted by Gasteiger charge is -2.06.